The van der Waals surface area contributed by atoms with E-state index in [0.717, 1.165) is 50.3 Å². The monoisotopic (exact) mass is 371 g/mol. The lowest BCUT2D eigenvalue weighted by Gasteiger charge is -2.38. The number of likely N-dealkylation sites (tertiary alicyclic amines) is 1. The van der Waals surface area contributed by atoms with E-state index in [-0.39, 0.29) is 24.1 Å². The van der Waals surface area contributed by atoms with Crippen molar-refractivity contribution in [3.05, 3.63) is 24.3 Å². The van der Waals surface area contributed by atoms with Crippen LogP contribution in [0.25, 0.3) is 0 Å². The summed E-state index contributed by atoms with van der Waals surface area (Å²) >= 11 is 0. The van der Waals surface area contributed by atoms with E-state index >= 15 is 0 Å². The summed E-state index contributed by atoms with van der Waals surface area (Å²) in [6.07, 6.45) is 3.41. The molecule has 5 rings (SSSR count). The predicted molar refractivity (Wildman–Crippen MR) is 97.8 cm³/mol. The van der Waals surface area contributed by atoms with Gasteiger partial charge in [-0.3, -0.25) is 14.6 Å². The molecule has 27 heavy (non-hydrogen) atoms. The zero-order valence-corrected chi connectivity index (χ0v) is 15.6. The first kappa shape index (κ1) is 16.9. The Labute approximate surface area is 158 Å². The average Bonchev–Trinajstić information content (AvgIpc) is 3.47. The molecule has 144 valence electrons. The minimum atomic E-state index is -0.524. The van der Waals surface area contributed by atoms with Gasteiger partial charge in [0, 0.05) is 20.1 Å². The van der Waals surface area contributed by atoms with Crippen molar-refractivity contribution in [1.29, 1.82) is 0 Å². The fourth-order valence-electron chi connectivity index (χ4n) is 4.64. The molecule has 0 aromatic heterocycles. The van der Waals surface area contributed by atoms with E-state index in [1.54, 1.807) is 11.9 Å². The van der Waals surface area contributed by atoms with Crippen LogP contribution in [0.3, 0.4) is 0 Å². The highest BCUT2D eigenvalue weighted by molar-refractivity contribution is 6.09. The molecular weight excluding hydrogens is 346 g/mol. The minimum Gasteiger partial charge on any atom is -0.486 e. The van der Waals surface area contributed by atoms with Gasteiger partial charge in [0.15, 0.2) is 11.5 Å². The number of ether oxygens (including phenoxy) is 2. The third kappa shape index (κ3) is 2.67. The van der Waals surface area contributed by atoms with Crippen molar-refractivity contribution in [3.63, 3.8) is 0 Å². The molecule has 1 saturated carbocycles. The van der Waals surface area contributed by atoms with Crippen LogP contribution in [0.5, 0.6) is 11.5 Å². The number of likely N-dealkylation sites (N-methyl/N-ethyl adjacent to an activating group) is 1. The normalized spacial score (nSPS) is 29.5. The van der Waals surface area contributed by atoms with Gasteiger partial charge in [-0.25, -0.2) is 4.79 Å². The molecule has 3 aliphatic heterocycles. The fraction of sp³-hybridized carbons (Fsp3) is 0.600. The van der Waals surface area contributed by atoms with Gasteiger partial charge in [-0.2, -0.15) is 0 Å². The Morgan fingerprint density at radius 3 is 2.70 bits per heavy atom. The molecule has 0 radical (unpaired) electrons. The van der Waals surface area contributed by atoms with Crippen LogP contribution in [0.15, 0.2) is 24.3 Å². The number of hydrogen-bond donors (Lipinski definition) is 0. The van der Waals surface area contributed by atoms with Gasteiger partial charge in [0.05, 0.1) is 6.04 Å². The number of benzene rings is 1. The van der Waals surface area contributed by atoms with Gasteiger partial charge in [0.1, 0.15) is 18.2 Å². The molecule has 1 aromatic carbocycles. The molecule has 1 aliphatic carbocycles. The van der Waals surface area contributed by atoms with Crippen LogP contribution in [0.4, 0.5) is 4.79 Å². The number of imide groups is 1. The smallest absolute Gasteiger partial charge is 0.327 e. The molecule has 7 nitrogen and oxygen atoms in total. The standard InChI is InChI=1S/C20H25N3O4/c1-21-19(25)23(18(24)20(21)8-9-20)14-5-4-10-22(11-14)12-15-13-26-16-6-2-3-7-17(16)27-15/h2-3,6-7,14-15H,4-5,8-13H2,1H3. The van der Waals surface area contributed by atoms with Crippen LogP contribution in [-0.2, 0) is 4.79 Å². The summed E-state index contributed by atoms with van der Waals surface area (Å²) in [4.78, 5) is 31.0. The number of fused-ring (bicyclic) bond motifs is 1. The molecule has 3 fully saturated rings. The molecule has 3 heterocycles. The van der Waals surface area contributed by atoms with E-state index in [1.807, 2.05) is 24.3 Å². The van der Waals surface area contributed by atoms with Crippen molar-refractivity contribution >= 4 is 11.9 Å². The third-order valence-corrected chi connectivity index (χ3v) is 6.35. The zero-order valence-electron chi connectivity index (χ0n) is 15.6. The quantitative estimate of drug-likeness (QED) is 0.757. The molecule has 2 atom stereocenters. The number of para-hydroxylation sites is 2. The Kier molecular flexibility index (Phi) is 3.82. The first-order valence-corrected chi connectivity index (χ1v) is 9.81. The number of hydrogen-bond acceptors (Lipinski definition) is 5. The van der Waals surface area contributed by atoms with Crippen LogP contribution in [-0.4, -0.2) is 77.6 Å². The second-order valence-electron chi connectivity index (χ2n) is 8.10. The number of nitrogens with zero attached hydrogens (tertiary/aromatic N) is 3. The SMILES string of the molecule is CN1C(=O)N(C2CCCN(CC3COc4ccccc4O3)C2)C(=O)C12CC2. The predicted octanol–water partition coefficient (Wildman–Crippen LogP) is 1.72. The Hall–Kier alpha value is -2.28. The lowest BCUT2D eigenvalue weighted by molar-refractivity contribution is -0.131. The van der Waals surface area contributed by atoms with Crippen LogP contribution in [0, 0.1) is 0 Å². The molecule has 0 N–H and O–H groups in total. The zero-order chi connectivity index (χ0) is 18.6. The Morgan fingerprint density at radius 1 is 1.19 bits per heavy atom. The van der Waals surface area contributed by atoms with Crippen LogP contribution in [0.1, 0.15) is 25.7 Å². The number of urea groups is 1. The lowest BCUT2D eigenvalue weighted by Crippen LogP contribution is -2.53. The maximum Gasteiger partial charge on any atom is 0.327 e. The first-order chi connectivity index (χ1) is 13.1. The van der Waals surface area contributed by atoms with E-state index in [4.69, 9.17) is 9.47 Å². The van der Waals surface area contributed by atoms with E-state index in [9.17, 15) is 9.59 Å². The second-order valence-corrected chi connectivity index (χ2v) is 8.10. The topological polar surface area (TPSA) is 62.3 Å². The maximum atomic E-state index is 12.8. The Balaban J connectivity index is 1.24. The summed E-state index contributed by atoms with van der Waals surface area (Å²) in [5.74, 6) is 1.58. The third-order valence-electron chi connectivity index (χ3n) is 6.35. The lowest BCUT2D eigenvalue weighted by atomic mass is 10.0. The molecule has 2 saturated heterocycles. The molecule has 0 bridgehead atoms. The summed E-state index contributed by atoms with van der Waals surface area (Å²) in [5.41, 5.74) is -0.524. The van der Waals surface area contributed by atoms with Gasteiger partial charge in [-0.1, -0.05) is 12.1 Å². The maximum absolute atomic E-state index is 12.8. The Bertz CT molecular complexity index is 778. The minimum absolute atomic E-state index is 0.00743. The van der Waals surface area contributed by atoms with Crippen molar-refractivity contribution in [2.45, 2.75) is 43.4 Å². The van der Waals surface area contributed by atoms with Crippen molar-refractivity contribution in [3.8, 4) is 11.5 Å². The van der Waals surface area contributed by atoms with Crippen LogP contribution < -0.4 is 9.47 Å². The number of rotatable bonds is 3. The van der Waals surface area contributed by atoms with E-state index < -0.39 is 5.54 Å². The van der Waals surface area contributed by atoms with Crippen LogP contribution in [0.2, 0.25) is 0 Å². The summed E-state index contributed by atoms with van der Waals surface area (Å²) in [5, 5.41) is 0. The van der Waals surface area contributed by atoms with Crippen molar-refractivity contribution in [2.24, 2.45) is 0 Å². The molecular formula is C20H25N3O4. The van der Waals surface area contributed by atoms with E-state index in [0.29, 0.717) is 13.2 Å². The summed E-state index contributed by atoms with van der Waals surface area (Å²) in [6, 6.07) is 7.54. The molecule has 2 unspecified atom stereocenters. The fourth-order valence-corrected chi connectivity index (χ4v) is 4.64. The Morgan fingerprint density at radius 2 is 1.96 bits per heavy atom. The van der Waals surface area contributed by atoms with Gasteiger partial charge >= 0.3 is 6.03 Å². The number of carbonyl (C=O) groups is 2. The van der Waals surface area contributed by atoms with Crippen LogP contribution >= 0.6 is 0 Å². The molecule has 3 amide bonds. The van der Waals surface area contributed by atoms with Gasteiger partial charge in [0.2, 0.25) is 0 Å². The first-order valence-electron chi connectivity index (χ1n) is 9.81. The van der Waals surface area contributed by atoms with Gasteiger partial charge < -0.3 is 14.4 Å². The molecule has 4 aliphatic rings. The summed E-state index contributed by atoms with van der Waals surface area (Å²) < 4.78 is 11.9. The molecule has 1 spiro atoms. The molecule has 7 heteroatoms. The number of carbonyl (C=O) groups excluding carboxylic acids is 2. The van der Waals surface area contributed by atoms with Crippen molar-refractivity contribution < 1.29 is 19.1 Å². The van der Waals surface area contributed by atoms with Gasteiger partial charge in [-0.05, 0) is 44.4 Å². The van der Waals surface area contributed by atoms with Crippen molar-refractivity contribution in [1.82, 2.24) is 14.7 Å². The van der Waals surface area contributed by atoms with Crippen molar-refractivity contribution in [2.75, 3.05) is 33.3 Å². The van der Waals surface area contributed by atoms with Gasteiger partial charge in [0.25, 0.3) is 5.91 Å². The highest BCUT2D eigenvalue weighted by atomic mass is 16.6. The molecule has 1 aromatic rings. The number of piperidine rings is 1. The second kappa shape index (κ2) is 6.12. The summed E-state index contributed by atoms with van der Waals surface area (Å²) in [6.45, 7) is 2.92. The van der Waals surface area contributed by atoms with E-state index in [1.165, 1.54) is 4.90 Å². The van der Waals surface area contributed by atoms with Gasteiger partial charge in [-0.15, -0.1) is 0 Å². The highest BCUT2D eigenvalue weighted by Gasteiger charge is 2.64. The average molecular weight is 371 g/mol. The summed E-state index contributed by atoms with van der Waals surface area (Å²) in [7, 11) is 1.76. The van der Waals surface area contributed by atoms with E-state index in [2.05, 4.69) is 4.90 Å². The largest absolute Gasteiger partial charge is 0.486 e. The highest BCUT2D eigenvalue weighted by Crippen LogP contribution is 2.48. The number of amides is 3.